The molecule has 5 fully saturated rings. The van der Waals surface area contributed by atoms with Gasteiger partial charge in [-0.3, -0.25) is 14.3 Å². The van der Waals surface area contributed by atoms with E-state index < -0.39 is 17.4 Å². The van der Waals surface area contributed by atoms with Crippen LogP contribution in [0, 0.1) is 17.8 Å². The van der Waals surface area contributed by atoms with E-state index in [0.29, 0.717) is 55.3 Å². The standard InChI is InChI=1S/C26H32N6O5/c1-36-13-17-12-31(4-5-37-17)25(34)24(33)29-23-19-11-28-22-18(2-3-27-22)21(19)32(30-23)20-15-6-14-7-16(20)10-26(35,8-14)9-15/h2-3,11,14-17,20,35H,4-10,12-13H2,1H3,(H,27,28)(H,29,30,33)/t14?,15-,16+,17-,20+,26-/m0/s1. The monoisotopic (exact) mass is 508 g/mol. The molecule has 3 N–H and O–H groups in total. The van der Waals surface area contributed by atoms with Crippen LogP contribution in [0.1, 0.15) is 38.1 Å². The van der Waals surface area contributed by atoms with Gasteiger partial charge in [0.15, 0.2) is 5.82 Å². The van der Waals surface area contributed by atoms with Gasteiger partial charge in [0.2, 0.25) is 0 Å². The van der Waals surface area contributed by atoms with Crippen LogP contribution in [0.15, 0.2) is 18.5 Å². The number of aliphatic hydroxyl groups is 1. The summed E-state index contributed by atoms with van der Waals surface area (Å²) < 4.78 is 12.8. The maximum absolute atomic E-state index is 13.1. The molecular formula is C26H32N6O5. The molecule has 4 heterocycles. The normalized spacial score (nSPS) is 32.9. The molecule has 0 spiro atoms. The Morgan fingerprint density at radius 2 is 2.08 bits per heavy atom. The zero-order valence-corrected chi connectivity index (χ0v) is 20.9. The number of amides is 2. The zero-order chi connectivity index (χ0) is 25.3. The minimum atomic E-state index is -0.724. The first-order chi connectivity index (χ1) is 17.9. The third-order valence-electron chi connectivity index (χ3n) is 8.93. The predicted molar refractivity (Wildman–Crippen MR) is 134 cm³/mol. The summed E-state index contributed by atoms with van der Waals surface area (Å²) in [5.74, 6) is 0.244. The van der Waals surface area contributed by atoms with Crippen molar-refractivity contribution in [3.05, 3.63) is 18.5 Å². The van der Waals surface area contributed by atoms with Crippen molar-refractivity contribution in [3.63, 3.8) is 0 Å². The number of carbonyl (C=O) groups excluding carboxylic acids is 2. The summed E-state index contributed by atoms with van der Waals surface area (Å²) >= 11 is 0. The Labute approximate surface area is 213 Å². The molecule has 3 aromatic rings. The molecule has 196 valence electrons. The van der Waals surface area contributed by atoms with Gasteiger partial charge in [0.05, 0.1) is 41.9 Å². The number of pyridine rings is 1. The van der Waals surface area contributed by atoms with Crippen molar-refractivity contribution in [2.45, 2.75) is 49.9 Å². The van der Waals surface area contributed by atoms with Gasteiger partial charge in [-0.15, -0.1) is 0 Å². The smallest absolute Gasteiger partial charge is 0.315 e. The fourth-order valence-electron chi connectivity index (χ4n) is 7.78. The van der Waals surface area contributed by atoms with Crippen LogP contribution in [0.2, 0.25) is 0 Å². The first-order valence-electron chi connectivity index (χ1n) is 13.2. The van der Waals surface area contributed by atoms with Gasteiger partial charge < -0.3 is 29.8 Å². The molecule has 2 amide bonds. The highest BCUT2D eigenvalue weighted by Gasteiger charge is 2.56. The molecule has 4 aliphatic carbocycles. The average molecular weight is 509 g/mol. The Hall–Kier alpha value is -3.02. The number of morpholine rings is 1. The van der Waals surface area contributed by atoms with Crippen LogP contribution < -0.4 is 5.32 Å². The fraction of sp³-hybridized carbons (Fsp3) is 0.615. The number of anilines is 1. The van der Waals surface area contributed by atoms with Crippen LogP contribution in [0.5, 0.6) is 0 Å². The number of ether oxygens (including phenoxy) is 2. The SMILES string of the molecule is COC[C@@H]1CN(C(=O)C(=O)Nc2nn([C@H]3[C@@H]4CC5C[C@H]3C[C@@](O)(C5)C4)c3c2cnc2[nH]ccc23)CCO1. The minimum absolute atomic E-state index is 0.134. The van der Waals surface area contributed by atoms with E-state index in [-0.39, 0.29) is 12.1 Å². The topological polar surface area (TPSA) is 135 Å². The summed E-state index contributed by atoms with van der Waals surface area (Å²) in [6, 6.07) is 2.11. The molecule has 11 nitrogen and oxygen atoms in total. The van der Waals surface area contributed by atoms with Crippen molar-refractivity contribution in [3.8, 4) is 0 Å². The van der Waals surface area contributed by atoms with Gasteiger partial charge >= 0.3 is 11.8 Å². The highest BCUT2D eigenvalue weighted by molar-refractivity contribution is 6.40. The van der Waals surface area contributed by atoms with E-state index in [4.69, 9.17) is 14.6 Å². The van der Waals surface area contributed by atoms with E-state index in [1.54, 1.807) is 13.3 Å². The van der Waals surface area contributed by atoms with E-state index in [1.807, 2.05) is 12.3 Å². The Bertz CT molecular complexity index is 1360. The van der Waals surface area contributed by atoms with E-state index in [2.05, 4.69) is 20.0 Å². The van der Waals surface area contributed by atoms with Gasteiger partial charge in [-0.2, -0.15) is 5.10 Å². The van der Waals surface area contributed by atoms with Crippen LogP contribution in [-0.4, -0.2) is 86.7 Å². The van der Waals surface area contributed by atoms with Gasteiger partial charge in [-0.05, 0) is 55.9 Å². The van der Waals surface area contributed by atoms with Crippen LogP contribution in [-0.2, 0) is 19.1 Å². The molecule has 4 bridgehead atoms. The van der Waals surface area contributed by atoms with Crippen LogP contribution >= 0.6 is 0 Å². The maximum Gasteiger partial charge on any atom is 0.315 e. The van der Waals surface area contributed by atoms with E-state index in [1.165, 1.54) is 4.90 Å². The third-order valence-corrected chi connectivity index (χ3v) is 8.93. The lowest BCUT2D eigenvalue weighted by atomic mass is 9.52. The number of carbonyl (C=O) groups is 2. The molecule has 1 aliphatic heterocycles. The lowest BCUT2D eigenvalue weighted by molar-refractivity contribution is -0.149. The summed E-state index contributed by atoms with van der Waals surface area (Å²) in [6.45, 7) is 1.37. The number of hydrogen-bond donors (Lipinski definition) is 3. The summed E-state index contributed by atoms with van der Waals surface area (Å²) in [5.41, 5.74) is 1.11. The van der Waals surface area contributed by atoms with Gasteiger partial charge in [-0.25, -0.2) is 4.98 Å². The molecule has 11 heteroatoms. The van der Waals surface area contributed by atoms with Crippen molar-refractivity contribution in [1.29, 1.82) is 0 Å². The van der Waals surface area contributed by atoms with Gasteiger partial charge in [0, 0.05) is 38.0 Å². The second-order valence-corrected chi connectivity index (χ2v) is 11.4. The van der Waals surface area contributed by atoms with Gasteiger partial charge in [0.25, 0.3) is 0 Å². The number of H-pyrrole nitrogens is 1. The number of fused-ring (bicyclic) bond motifs is 3. The number of rotatable bonds is 4. The van der Waals surface area contributed by atoms with E-state index >= 15 is 0 Å². The number of nitrogens with one attached hydrogen (secondary N) is 2. The second-order valence-electron chi connectivity index (χ2n) is 11.4. The number of hydrogen-bond acceptors (Lipinski definition) is 7. The molecule has 1 saturated heterocycles. The van der Waals surface area contributed by atoms with Gasteiger partial charge in [-0.1, -0.05) is 0 Å². The van der Waals surface area contributed by atoms with Gasteiger partial charge in [0.1, 0.15) is 5.65 Å². The summed E-state index contributed by atoms with van der Waals surface area (Å²) in [4.78, 5) is 35.4. The first kappa shape index (κ1) is 23.1. The molecule has 0 radical (unpaired) electrons. The molecule has 8 rings (SSSR count). The number of methoxy groups -OCH3 is 1. The molecule has 1 unspecified atom stereocenters. The molecule has 37 heavy (non-hydrogen) atoms. The van der Waals surface area contributed by atoms with E-state index in [9.17, 15) is 14.7 Å². The molecular weight excluding hydrogens is 476 g/mol. The van der Waals surface area contributed by atoms with Crippen molar-refractivity contribution < 1.29 is 24.2 Å². The lowest BCUT2D eigenvalue weighted by Gasteiger charge is -2.57. The first-order valence-corrected chi connectivity index (χ1v) is 13.2. The summed E-state index contributed by atoms with van der Waals surface area (Å²) in [6.07, 6.45) is 7.97. The lowest BCUT2D eigenvalue weighted by Crippen LogP contribution is -2.55. The number of aromatic amines is 1. The predicted octanol–water partition coefficient (Wildman–Crippen LogP) is 1.84. The molecule has 0 aromatic carbocycles. The Balaban J connectivity index is 1.23. The van der Waals surface area contributed by atoms with Crippen molar-refractivity contribution in [1.82, 2.24) is 24.6 Å². The second kappa shape index (κ2) is 8.50. The Kier molecular flexibility index (Phi) is 5.31. The van der Waals surface area contributed by atoms with Crippen LogP contribution in [0.3, 0.4) is 0 Å². The minimum Gasteiger partial charge on any atom is -0.390 e. The molecule has 4 saturated carbocycles. The molecule has 6 atom stereocenters. The highest BCUT2D eigenvalue weighted by atomic mass is 16.5. The van der Waals surface area contributed by atoms with Crippen LogP contribution in [0.4, 0.5) is 5.82 Å². The molecule has 3 aromatic heterocycles. The zero-order valence-electron chi connectivity index (χ0n) is 20.9. The van der Waals surface area contributed by atoms with E-state index in [0.717, 1.165) is 48.7 Å². The fourth-order valence-corrected chi connectivity index (χ4v) is 7.78. The van der Waals surface area contributed by atoms with Crippen molar-refractivity contribution >= 4 is 39.6 Å². The average Bonchev–Trinajstić information content (AvgIpc) is 3.47. The summed E-state index contributed by atoms with van der Waals surface area (Å²) in [7, 11) is 1.58. The Morgan fingerprint density at radius 1 is 1.27 bits per heavy atom. The third kappa shape index (κ3) is 3.74. The quantitative estimate of drug-likeness (QED) is 0.458. The number of aromatic nitrogens is 4. The van der Waals surface area contributed by atoms with Crippen LogP contribution in [0.25, 0.3) is 21.9 Å². The summed E-state index contributed by atoms with van der Waals surface area (Å²) in [5, 5.41) is 20.5. The van der Waals surface area contributed by atoms with Crippen molar-refractivity contribution in [2.24, 2.45) is 17.8 Å². The number of nitrogens with zero attached hydrogens (tertiary/aromatic N) is 4. The van der Waals surface area contributed by atoms with Crippen molar-refractivity contribution in [2.75, 3.05) is 38.7 Å². The molecule has 5 aliphatic rings. The highest BCUT2D eigenvalue weighted by Crippen LogP contribution is 2.60. The maximum atomic E-state index is 13.1. The largest absolute Gasteiger partial charge is 0.390 e. The Morgan fingerprint density at radius 3 is 2.84 bits per heavy atom.